The molecule has 0 aromatic rings. The first kappa shape index (κ1) is 13.5. The molecular weight excluding hydrogens is 202 g/mol. The summed E-state index contributed by atoms with van der Waals surface area (Å²) in [5, 5.41) is 13.1. The number of rotatable bonds is 5. The van der Waals surface area contributed by atoms with E-state index in [2.05, 4.69) is 33.0 Å². The van der Waals surface area contributed by atoms with Crippen LogP contribution in [0.4, 0.5) is 0 Å². The van der Waals surface area contributed by atoms with Gasteiger partial charge in [-0.1, -0.05) is 27.7 Å². The molecule has 1 rings (SSSR count). The smallest absolute Gasteiger partial charge is 0.308 e. The van der Waals surface area contributed by atoms with E-state index in [1.807, 2.05) is 0 Å². The molecule has 1 fully saturated rings. The van der Waals surface area contributed by atoms with Crippen LogP contribution in [-0.4, -0.2) is 22.2 Å². The number of hydrogen-bond donors (Lipinski definition) is 2. The zero-order valence-electron chi connectivity index (χ0n) is 11.0. The fraction of sp³-hybridized carbons (Fsp3) is 0.923. The van der Waals surface area contributed by atoms with Crippen molar-refractivity contribution in [2.24, 2.45) is 5.92 Å². The highest BCUT2D eigenvalue weighted by Gasteiger charge is 2.53. The Morgan fingerprint density at radius 2 is 1.69 bits per heavy atom. The second kappa shape index (κ2) is 4.74. The Morgan fingerprint density at radius 3 is 1.94 bits per heavy atom. The molecule has 2 N–H and O–H groups in total. The second-order valence-electron chi connectivity index (χ2n) is 5.07. The molecule has 0 aromatic carbocycles. The fourth-order valence-electron chi connectivity index (χ4n) is 3.21. The first-order chi connectivity index (χ1) is 7.49. The minimum Gasteiger partial charge on any atom is -0.481 e. The average Bonchev–Trinajstić information content (AvgIpc) is 2.65. The summed E-state index contributed by atoms with van der Waals surface area (Å²) in [6.45, 7) is 8.48. The van der Waals surface area contributed by atoms with E-state index in [1.165, 1.54) is 0 Å². The minimum absolute atomic E-state index is 0.0368. The lowest BCUT2D eigenvalue weighted by Gasteiger charge is -2.35. The van der Waals surface area contributed by atoms with Crippen molar-refractivity contribution < 1.29 is 9.90 Å². The van der Waals surface area contributed by atoms with Crippen molar-refractivity contribution in [1.29, 1.82) is 0 Å². The average molecular weight is 227 g/mol. The lowest BCUT2D eigenvalue weighted by molar-refractivity contribution is -0.143. The van der Waals surface area contributed by atoms with Gasteiger partial charge < -0.3 is 10.4 Å². The molecule has 0 amide bonds. The largest absolute Gasteiger partial charge is 0.481 e. The van der Waals surface area contributed by atoms with Crippen molar-refractivity contribution in [3.8, 4) is 0 Å². The summed E-state index contributed by atoms with van der Waals surface area (Å²) in [6.07, 6.45) is 4.57. The lowest BCUT2D eigenvalue weighted by atomic mass is 9.79. The van der Waals surface area contributed by atoms with Gasteiger partial charge in [0.15, 0.2) is 0 Å². The maximum Gasteiger partial charge on any atom is 0.308 e. The molecule has 0 spiro atoms. The SMILES string of the molecule is CCC1(CC)CC(C(=O)O)C(CC)(CC)N1. The van der Waals surface area contributed by atoms with Crippen LogP contribution in [0.5, 0.6) is 0 Å². The predicted molar refractivity (Wildman–Crippen MR) is 65.5 cm³/mol. The minimum atomic E-state index is -0.639. The summed E-state index contributed by atoms with van der Waals surface area (Å²) in [6, 6.07) is 0. The highest BCUT2D eigenvalue weighted by molar-refractivity contribution is 5.72. The van der Waals surface area contributed by atoms with Gasteiger partial charge in [-0.05, 0) is 32.1 Å². The molecule has 1 saturated heterocycles. The standard InChI is InChI=1S/C13H25NO2/c1-5-12(6-2)9-10(11(15)16)13(7-3,8-4)14-12/h10,14H,5-9H2,1-4H3,(H,15,16). The summed E-state index contributed by atoms with van der Waals surface area (Å²) < 4.78 is 0. The Kier molecular flexibility index (Phi) is 4.00. The Balaban J connectivity index is 3.04. The molecule has 3 nitrogen and oxygen atoms in total. The van der Waals surface area contributed by atoms with E-state index in [-0.39, 0.29) is 17.0 Å². The molecule has 1 unspecified atom stereocenters. The van der Waals surface area contributed by atoms with Gasteiger partial charge in [-0.25, -0.2) is 0 Å². The molecule has 0 bridgehead atoms. The number of carbonyl (C=O) groups is 1. The molecule has 0 aliphatic carbocycles. The van der Waals surface area contributed by atoms with Crippen LogP contribution in [0, 0.1) is 5.92 Å². The van der Waals surface area contributed by atoms with E-state index in [4.69, 9.17) is 0 Å². The van der Waals surface area contributed by atoms with Gasteiger partial charge >= 0.3 is 5.97 Å². The zero-order chi connectivity index (χ0) is 12.4. The van der Waals surface area contributed by atoms with Crippen LogP contribution >= 0.6 is 0 Å². The van der Waals surface area contributed by atoms with Gasteiger partial charge in [0.25, 0.3) is 0 Å². The van der Waals surface area contributed by atoms with Crippen LogP contribution in [-0.2, 0) is 4.79 Å². The van der Waals surface area contributed by atoms with E-state index < -0.39 is 5.97 Å². The monoisotopic (exact) mass is 227 g/mol. The van der Waals surface area contributed by atoms with Gasteiger partial charge in [-0.3, -0.25) is 4.79 Å². The van der Waals surface area contributed by atoms with Crippen LogP contribution in [0.3, 0.4) is 0 Å². The normalized spacial score (nSPS) is 26.9. The molecule has 94 valence electrons. The predicted octanol–water partition coefficient (Wildman–Crippen LogP) is 2.80. The van der Waals surface area contributed by atoms with Crippen LogP contribution in [0.25, 0.3) is 0 Å². The van der Waals surface area contributed by atoms with Gasteiger partial charge in [0.1, 0.15) is 0 Å². The summed E-state index contributed by atoms with van der Waals surface area (Å²) in [7, 11) is 0. The van der Waals surface area contributed by atoms with Gasteiger partial charge in [0, 0.05) is 11.1 Å². The number of nitrogens with one attached hydrogen (secondary N) is 1. The van der Waals surface area contributed by atoms with E-state index in [0.717, 1.165) is 32.1 Å². The first-order valence-corrected chi connectivity index (χ1v) is 6.51. The highest BCUT2D eigenvalue weighted by Crippen LogP contribution is 2.43. The number of carboxylic acid groups (broad SMARTS) is 1. The summed E-state index contributed by atoms with van der Waals surface area (Å²) >= 11 is 0. The van der Waals surface area contributed by atoms with E-state index in [1.54, 1.807) is 0 Å². The Hall–Kier alpha value is -0.570. The van der Waals surface area contributed by atoms with Crippen molar-refractivity contribution >= 4 is 5.97 Å². The van der Waals surface area contributed by atoms with Crippen LogP contribution < -0.4 is 5.32 Å². The Bertz CT molecular complexity index is 255. The van der Waals surface area contributed by atoms with E-state index in [9.17, 15) is 9.90 Å². The fourth-order valence-corrected chi connectivity index (χ4v) is 3.21. The molecule has 1 atom stereocenters. The second-order valence-corrected chi connectivity index (χ2v) is 5.07. The Labute approximate surface area is 98.6 Å². The molecule has 3 heteroatoms. The van der Waals surface area contributed by atoms with Crippen LogP contribution in [0.1, 0.15) is 59.8 Å². The first-order valence-electron chi connectivity index (χ1n) is 6.51. The molecular formula is C13H25NO2. The summed E-state index contributed by atoms with van der Waals surface area (Å²) in [4.78, 5) is 11.4. The van der Waals surface area contributed by atoms with E-state index in [0.29, 0.717) is 0 Å². The van der Waals surface area contributed by atoms with Gasteiger partial charge in [-0.15, -0.1) is 0 Å². The van der Waals surface area contributed by atoms with Gasteiger partial charge in [-0.2, -0.15) is 0 Å². The maximum absolute atomic E-state index is 11.4. The number of aliphatic carboxylic acids is 1. The molecule has 1 aliphatic heterocycles. The summed E-state index contributed by atoms with van der Waals surface area (Å²) in [5.74, 6) is -0.873. The molecule has 1 aliphatic rings. The lowest BCUT2D eigenvalue weighted by Crippen LogP contribution is -2.52. The van der Waals surface area contributed by atoms with Crippen molar-refractivity contribution in [3.63, 3.8) is 0 Å². The van der Waals surface area contributed by atoms with Crippen LogP contribution in [0.2, 0.25) is 0 Å². The summed E-state index contributed by atoms with van der Waals surface area (Å²) in [5.41, 5.74) is -0.160. The van der Waals surface area contributed by atoms with Crippen molar-refractivity contribution in [2.75, 3.05) is 0 Å². The van der Waals surface area contributed by atoms with Gasteiger partial charge in [0.2, 0.25) is 0 Å². The molecule has 0 saturated carbocycles. The highest BCUT2D eigenvalue weighted by atomic mass is 16.4. The molecule has 16 heavy (non-hydrogen) atoms. The van der Waals surface area contributed by atoms with Crippen molar-refractivity contribution in [3.05, 3.63) is 0 Å². The molecule has 1 heterocycles. The molecule has 0 radical (unpaired) electrons. The topological polar surface area (TPSA) is 49.3 Å². The number of carboxylic acids is 1. The van der Waals surface area contributed by atoms with Crippen LogP contribution in [0.15, 0.2) is 0 Å². The third kappa shape index (κ3) is 1.97. The number of hydrogen-bond acceptors (Lipinski definition) is 2. The van der Waals surface area contributed by atoms with Crippen molar-refractivity contribution in [1.82, 2.24) is 5.32 Å². The van der Waals surface area contributed by atoms with Gasteiger partial charge in [0.05, 0.1) is 5.92 Å². The third-order valence-corrected chi connectivity index (χ3v) is 4.69. The quantitative estimate of drug-likeness (QED) is 0.759. The van der Waals surface area contributed by atoms with E-state index >= 15 is 0 Å². The van der Waals surface area contributed by atoms with Crippen molar-refractivity contribution in [2.45, 2.75) is 70.9 Å². The maximum atomic E-state index is 11.4. The third-order valence-electron chi connectivity index (χ3n) is 4.69. The Morgan fingerprint density at radius 1 is 1.19 bits per heavy atom. The molecule has 0 aromatic heterocycles. The zero-order valence-corrected chi connectivity index (χ0v) is 11.0.